The molecule has 0 fully saturated rings. The molecule has 0 saturated heterocycles. The van der Waals surface area contributed by atoms with Crippen molar-refractivity contribution in [1.82, 2.24) is 4.90 Å². The van der Waals surface area contributed by atoms with Crippen LogP contribution in [0.25, 0.3) is 0 Å². The predicted octanol–water partition coefficient (Wildman–Crippen LogP) is 3.68. The molecule has 20 heavy (non-hydrogen) atoms. The Morgan fingerprint density at radius 3 is 2.70 bits per heavy atom. The summed E-state index contributed by atoms with van der Waals surface area (Å²) in [6, 6.07) is 9.68. The number of carbonyl (C=O) groups is 1. The van der Waals surface area contributed by atoms with Crippen LogP contribution in [-0.2, 0) is 13.1 Å². The van der Waals surface area contributed by atoms with Gasteiger partial charge in [0.1, 0.15) is 17.1 Å². The topological polar surface area (TPSA) is 53.7 Å². The van der Waals surface area contributed by atoms with Crippen molar-refractivity contribution in [2.45, 2.75) is 20.0 Å². The van der Waals surface area contributed by atoms with Crippen LogP contribution in [0, 0.1) is 6.92 Å². The number of carboxylic acid groups (broad SMARTS) is 1. The van der Waals surface area contributed by atoms with E-state index in [0.29, 0.717) is 18.1 Å². The number of aromatic carboxylic acids is 1. The predicted molar refractivity (Wildman–Crippen MR) is 79.7 cm³/mol. The Bertz CT molecular complexity index is 621. The van der Waals surface area contributed by atoms with Crippen LogP contribution in [0.1, 0.15) is 27.4 Å². The first kappa shape index (κ1) is 14.8. The van der Waals surface area contributed by atoms with Gasteiger partial charge < -0.3 is 9.52 Å². The number of aryl methyl sites for hydroxylation is 1. The first-order chi connectivity index (χ1) is 9.45. The van der Waals surface area contributed by atoms with Gasteiger partial charge in [-0.1, -0.05) is 28.1 Å². The molecule has 5 heteroatoms. The van der Waals surface area contributed by atoms with E-state index in [2.05, 4.69) is 33.0 Å². The average Bonchev–Trinajstić information content (AvgIpc) is 2.70. The molecule has 0 aliphatic heterocycles. The van der Waals surface area contributed by atoms with Gasteiger partial charge in [0, 0.05) is 11.0 Å². The van der Waals surface area contributed by atoms with Gasteiger partial charge in [0.15, 0.2) is 0 Å². The van der Waals surface area contributed by atoms with E-state index in [4.69, 9.17) is 9.52 Å². The molecule has 1 aromatic heterocycles. The molecule has 106 valence electrons. The van der Waals surface area contributed by atoms with E-state index >= 15 is 0 Å². The maximum absolute atomic E-state index is 11.0. The Morgan fingerprint density at radius 2 is 2.10 bits per heavy atom. The Kier molecular flexibility index (Phi) is 4.62. The minimum absolute atomic E-state index is 0.232. The average molecular weight is 338 g/mol. The van der Waals surface area contributed by atoms with Crippen molar-refractivity contribution < 1.29 is 14.3 Å². The molecule has 0 saturated carbocycles. The van der Waals surface area contributed by atoms with Gasteiger partial charge >= 0.3 is 5.97 Å². The summed E-state index contributed by atoms with van der Waals surface area (Å²) >= 11 is 3.45. The zero-order valence-electron chi connectivity index (χ0n) is 11.4. The van der Waals surface area contributed by atoms with Crippen molar-refractivity contribution in [3.8, 4) is 0 Å². The van der Waals surface area contributed by atoms with Crippen LogP contribution in [0.5, 0.6) is 0 Å². The van der Waals surface area contributed by atoms with Gasteiger partial charge in [-0.3, -0.25) is 4.90 Å². The number of benzene rings is 1. The zero-order valence-corrected chi connectivity index (χ0v) is 13.0. The fourth-order valence-corrected chi connectivity index (χ4v) is 2.55. The largest absolute Gasteiger partial charge is 0.478 e. The first-order valence-corrected chi connectivity index (χ1v) is 7.00. The monoisotopic (exact) mass is 337 g/mol. The minimum Gasteiger partial charge on any atom is -0.478 e. The highest BCUT2D eigenvalue weighted by atomic mass is 79.9. The molecular formula is C15H16BrNO3. The van der Waals surface area contributed by atoms with Crippen molar-refractivity contribution in [3.05, 3.63) is 57.5 Å². The van der Waals surface area contributed by atoms with Gasteiger partial charge in [-0.25, -0.2) is 4.79 Å². The molecule has 2 rings (SSSR count). The minimum atomic E-state index is -0.952. The van der Waals surface area contributed by atoms with Gasteiger partial charge in [0.2, 0.25) is 0 Å². The fourth-order valence-electron chi connectivity index (χ4n) is 2.10. The summed E-state index contributed by atoms with van der Waals surface area (Å²) in [5.41, 5.74) is 1.42. The second-order valence-electron chi connectivity index (χ2n) is 4.79. The molecule has 1 aromatic carbocycles. The van der Waals surface area contributed by atoms with E-state index in [-0.39, 0.29) is 5.56 Å². The molecule has 0 spiro atoms. The van der Waals surface area contributed by atoms with Crippen LogP contribution in [0.15, 0.2) is 39.2 Å². The van der Waals surface area contributed by atoms with E-state index in [0.717, 1.165) is 11.0 Å². The molecule has 0 aliphatic rings. The first-order valence-electron chi connectivity index (χ1n) is 6.21. The number of carboxylic acids is 1. The van der Waals surface area contributed by atoms with E-state index < -0.39 is 5.97 Å². The van der Waals surface area contributed by atoms with Gasteiger partial charge in [0.25, 0.3) is 0 Å². The number of hydrogen-bond donors (Lipinski definition) is 1. The Hall–Kier alpha value is -1.59. The summed E-state index contributed by atoms with van der Waals surface area (Å²) in [5, 5.41) is 9.00. The molecular weight excluding hydrogens is 322 g/mol. The highest BCUT2D eigenvalue weighted by molar-refractivity contribution is 9.10. The van der Waals surface area contributed by atoms with Crippen LogP contribution in [0.4, 0.5) is 0 Å². The zero-order chi connectivity index (χ0) is 14.7. The SMILES string of the molecule is Cc1oc(CN(C)Cc2cccc(Br)c2)cc1C(=O)O. The molecule has 0 amide bonds. The van der Waals surface area contributed by atoms with E-state index in [9.17, 15) is 4.79 Å². The standard InChI is InChI=1S/C15H16BrNO3/c1-10-14(15(18)19)7-13(20-10)9-17(2)8-11-4-3-5-12(16)6-11/h3-7H,8-9H2,1-2H3,(H,18,19). The lowest BCUT2D eigenvalue weighted by atomic mass is 10.2. The van der Waals surface area contributed by atoms with Gasteiger partial charge in [-0.05, 0) is 37.7 Å². The lowest BCUT2D eigenvalue weighted by molar-refractivity contribution is 0.0695. The number of rotatable bonds is 5. The molecule has 0 aliphatic carbocycles. The van der Waals surface area contributed by atoms with Gasteiger partial charge in [-0.2, -0.15) is 0 Å². The van der Waals surface area contributed by atoms with Crippen LogP contribution < -0.4 is 0 Å². The fraction of sp³-hybridized carbons (Fsp3) is 0.267. The van der Waals surface area contributed by atoms with E-state index in [1.165, 1.54) is 5.56 Å². The Balaban J connectivity index is 2.03. The van der Waals surface area contributed by atoms with Gasteiger partial charge in [-0.15, -0.1) is 0 Å². The van der Waals surface area contributed by atoms with Crippen molar-refractivity contribution in [3.63, 3.8) is 0 Å². The van der Waals surface area contributed by atoms with Crippen LogP contribution in [-0.4, -0.2) is 23.0 Å². The molecule has 0 radical (unpaired) electrons. The smallest absolute Gasteiger partial charge is 0.339 e. The van der Waals surface area contributed by atoms with Crippen LogP contribution in [0.3, 0.4) is 0 Å². The molecule has 4 nitrogen and oxygen atoms in total. The summed E-state index contributed by atoms with van der Waals surface area (Å²) in [5.74, 6) is 0.160. The van der Waals surface area contributed by atoms with Crippen molar-refractivity contribution >= 4 is 21.9 Å². The summed E-state index contributed by atoms with van der Waals surface area (Å²) in [6.07, 6.45) is 0. The quantitative estimate of drug-likeness (QED) is 0.904. The summed E-state index contributed by atoms with van der Waals surface area (Å²) < 4.78 is 6.52. The van der Waals surface area contributed by atoms with Crippen LogP contribution in [0.2, 0.25) is 0 Å². The van der Waals surface area contributed by atoms with Crippen molar-refractivity contribution in [1.29, 1.82) is 0 Å². The number of furan rings is 1. The van der Waals surface area contributed by atoms with Crippen molar-refractivity contribution in [2.75, 3.05) is 7.05 Å². The van der Waals surface area contributed by atoms with E-state index in [1.807, 2.05) is 19.2 Å². The Morgan fingerprint density at radius 1 is 1.35 bits per heavy atom. The summed E-state index contributed by atoms with van der Waals surface area (Å²) in [6.45, 7) is 3.00. The molecule has 0 bridgehead atoms. The third-order valence-corrected chi connectivity index (χ3v) is 3.46. The summed E-state index contributed by atoms with van der Waals surface area (Å²) in [7, 11) is 1.97. The maximum atomic E-state index is 11.0. The second kappa shape index (κ2) is 6.24. The van der Waals surface area contributed by atoms with Crippen LogP contribution >= 0.6 is 15.9 Å². The summed E-state index contributed by atoms with van der Waals surface area (Å²) in [4.78, 5) is 13.0. The highest BCUT2D eigenvalue weighted by Gasteiger charge is 2.14. The molecule has 1 heterocycles. The van der Waals surface area contributed by atoms with Crippen molar-refractivity contribution in [2.24, 2.45) is 0 Å². The number of hydrogen-bond acceptors (Lipinski definition) is 3. The highest BCUT2D eigenvalue weighted by Crippen LogP contribution is 2.18. The third kappa shape index (κ3) is 3.71. The third-order valence-electron chi connectivity index (χ3n) is 2.97. The van der Waals surface area contributed by atoms with Gasteiger partial charge in [0.05, 0.1) is 6.54 Å². The Labute approximate surface area is 126 Å². The second-order valence-corrected chi connectivity index (χ2v) is 5.71. The normalized spacial score (nSPS) is 11.0. The molecule has 0 atom stereocenters. The lowest BCUT2D eigenvalue weighted by Gasteiger charge is -2.15. The molecule has 2 aromatic rings. The molecule has 1 N–H and O–H groups in total. The lowest BCUT2D eigenvalue weighted by Crippen LogP contribution is -2.16. The number of halogens is 1. The molecule has 0 unspecified atom stereocenters. The van der Waals surface area contributed by atoms with E-state index in [1.54, 1.807) is 13.0 Å². The maximum Gasteiger partial charge on any atom is 0.339 e. The number of nitrogens with zero attached hydrogens (tertiary/aromatic N) is 1.